The fraction of sp³-hybridized carbons (Fsp3) is 0.364. The van der Waals surface area contributed by atoms with Crippen LogP contribution in [0.1, 0.15) is 13.3 Å². The first-order valence-corrected chi connectivity index (χ1v) is 6.05. The van der Waals surface area contributed by atoms with Crippen LogP contribution < -0.4 is 4.90 Å². The Hall–Kier alpha value is -0.540. The van der Waals surface area contributed by atoms with Crippen LogP contribution in [-0.4, -0.2) is 18.1 Å². The number of hydrogen-bond donors (Lipinski definition) is 0. The van der Waals surface area contributed by atoms with E-state index in [1.807, 2.05) is 6.07 Å². The Kier molecular flexibility index (Phi) is 3.32. The maximum Gasteiger partial charge on any atom is 0.147 e. The minimum absolute atomic E-state index is 0.707. The summed E-state index contributed by atoms with van der Waals surface area (Å²) in [6.45, 7) is 4.05. The molecule has 0 saturated carbocycles. The molecule has 80 valence electrons. The molecule has 0 amide bonds. The van der Waals surface area contributed by atoms with E-state index in [9.17, 15) is 0 Å². The van der Waals surface area contributed by atoms with Crippen molar-refractivity contribution in [3.63, 3.8) is 0 Å². The van der Waals surface area contributed by atoms with Crippen molar-refractivity contribution >= 4 is 33.3 Å². The van der Waals surface area contributed by atoms with Crippen LogP contribution in [0.25, 0.3) is 0 Å². The highest BCUT2D eigenvalue weighted by molar-refractivity contribution is 9.10. The van der Waals surface area contributed by atoms with Gasteiger partial charge in [0.25, 0.3) is 0 Å². The summed E-state index contributed by atoms with van der Waals surface area (Å²) < 4.78 is 0.917. The van der Waals surface area contributed by atoms with Crippen molar-refractivity contribution in [2.24, 2.45) is 0 Å². The van der Waals surface area contributed by atoms with E-state index in [-0.39, 0.29) is 0 Å². The first-order chi connectivity index (χ1) is 7.16. The summed E-state index contributed by atoms with van der Waals surface area (Å²) in [4.78, 5) is 6.57. The van der Waals surface area contributed by atoms with Crippen molar-refractivity contribution in [2.45, 2.75) is 13.3 Å². The lowest BCUT2D eigenvalue weighted by Gasteiger charge is -2.27. The molecule has 0 N–H and O–H groups in total. The summed E-state index contributed by atoms with van der Waals surface area (Å²) in [5, 5.41) is 0.707. The van der Waals surface area contributed by atoms with Gasteiger partial charge in [0.2, 0.25) is 0 Å². The standard InChI is InChI=1S/C11H12BrClN2/c1-8-3-2-4-15(7-8)11-10(13)5-9(12)6-14-11/h3,5-6H,2,4,7H2,1H3. The van der Waals surface area contributed by atoms with Crippen molar-refractivity contribution in [1.82, 2.24) is 4.98 Å². The van der Waals surface area contributed by atoms with Crippen molar-refractivity contribution < 1.29 is 0 Å². The smallest absolute Gasteiger partial charge is 0.147 e. The molecule has 0 radical (unpaired) electrons. The molecule has 2 rings (SSSR count). The van der Waals surface area contributed by atoms with Crippen molar-refractivity contribution in [3.05, 3.63) is 33.4 Å². The van der Waals surface area contributed by atoms with Gasteiger partial charge in [-0.1, -0.05) is 23.3 Å². The fourth-order valence-corrected chi connectivity index (χ4v) is 2.48. The van der Waals surface area contributed by atoms with E-state index >= 15 is 0 Å². The van der Waals surface area contributed by atoms with Gasteiger partial charge in [-0.25, -0.2) is 4.98 Å². The molecule has 0 unspecified atom stereocenters. The van der Waals surface area contributed by atoms with Gasteiger partial charge in [-0.15, -0.1) is 0 Å². The third kappa shape index (κ3) is 2.52. The number of rotatable bonds is 1. The first kappa shape index (κ1) is 11.0. The second-order valence-electron chi connectivity index (χ2n) is 3.72. The highest BCUT2D eigenvalue weighted by Crippen LogP contribution is 2.28. The number of hydrogen-bond acceptors (Lipinski definition) is 2. The minimum atomic E-state index is 0.707. The van der Waals surface area contributed by atoms with E-state index < -0.39 is 0 Å². The molecule has 0 saturated heterocycles. The van der Waals surface area contributed by atoms with Crippen molar-refractivity contribution in [1.29, 1.82) is 0 Å². The molecule has 0 atom stereocenters. The molecule has 1 aliphatic heterocycles. The van der Waals surface area contributed by atoms with E-state index in [2.05, 4.69) is 38.8 Å². The topological polar surface area (TPSA) is 16.1 Å². The van der Waals surface area contributed by atoms with Gasteiger partial charge in [-0.2, -0.15) is 0 Å². The summed E-state index contributed by atoms with van der Waals surface area (Å²) in [7, 11) is 0. The zero-order valence-corrected chi connectivity index (χ0v) is 10.8. The predicted molar refractivity (Wildman–Crippen MR) is 67.5 cm³/mol. The number of halogens is 2. The SMILES string of the molecule is CC1=CCCN(c2ncc(Br)cc2Cl)C1. The van der Waals surface area contributed by atoms with E-state index in [1.54, 1.807) is 6.20 Å². The van der Waals surface area contributed by atoms with Crippen LogP contribution in [0, 0.1) is 0 Å². The van der Waals surface area contributed by atoms with E-state index in [4.69, 9.17) is 11.6 Å². The van der Waals surface area contributed by atoms with Gasteiger partial charge in [0.15, 0.2) is 0 Å². The van der Waals surface area contributed by atoms with E-state index in [0.29, 0.717) is 5.02 Å². The number of nitrogens with zero attached hydrogens (tertiary/aromatic N) is 2. The zero-order chi connectivity index (χ0) is 10.8. The molecule has 1 aromatic heterocycles. The average Bonchev–Trinajstić information content (AvgIpc) is 2.17. The minimum Gasteiger partial charge on any atom is -0.351 e. The van der Waals surface area contributed by atoms with Crippen LogP contribution in [0.4, 0.5) is 5.82 Å². The molecule has 0 bridgehead atoms. The van der Waals surface area contributed by atoms with Crippen LogP contribution >= 0.6 is 27.5 Å². The van der Waals surface area contributed by atoms with Gasteiger partial charge >= 0.3 is 0 Å². The molecular formula is C11H12BrClN2. The maximum atomic E-state index is 6.16. The molecule has 0 aromatic carbocycles. The van der Waals surface area contributed by atoms with Crippen LogP contribution in [-0.2, 0) is 0 Å². The maximum absolute atomic E-state index is 6.16. The molecule has 0 aliphatic carbocycles. The Balaban J connectivity index is 2.26. The molecule has 1 aliphatic rings. The summed E-state index contributed by atoms with van der Waals surface area (Å²) in [6, 6.07) is 1.89. The molecule has 1 aromatic rings. The van der Waals surface area contributed by atoms with Gasteiger partial charge in [0.05, 0.1) is 5.02 Å². The summed E-state index contributed by atoms with van der Waals surface area (Å²) in [5.74, 6) is 0.882. The highest BCUT2D eigenvalue weighted by atomic mass is 79.9. The Morgan fingerprint density at radius 2 is 2.33 bits per heavy atom. The Bertz CT molecular complexity index is 404. The number of aromatic nitrogens is 1. The highest BCUT2D eigenvalue weighted by Gasteiger charge is 2.14. The Labute approximate surface area is 103 Å². The average molecular weight is 288 g/mol. The van der Waals surface area contributed by atoms with Gasteiger partial charge in [-0.05, 0) is 35.3 Å². The van der Waals surface area contributed by atoms with E-state index in [1.165, 1.54) is 5.57 Å². The summed E-state index contributed by atoms with van der Waals surface area (Å²) in [6.07, 6.45) is 5.12. The third-order valence-electron chi connectivity index (χ3n) is 2.42. The largest absolute Gasteiger partial charge is 0.351 e. The fourth-order valence-electron chi connectivity index (χ4n) is 1.73. The molecule has 2 nitrogen and oxygen atoms in total. The second kappa shape index (κ2) is 4.54. The van der Waals surface area contributed by atoms with Gasteiger partial charge in [-0.3, -0.25) is 0 Å². The van der Waals surface area contributed by atoms with Crippen molar-refractivity contribution in [2.75, 3.05) is 18.0 Å². The Morgan fingerprint density at radius 3 is 3.00 bits per heavy atom. The van der Waals surface area contributed by atoms with Gasteiger partial charge in [0.1, 0.15) is 5.82 Å². The first-order valence-electron chi connectivity index (χ1n) is 4.88. The molecule has 0 spiro atoms. The quantitative estimate of drug-likeness (QED) is 0.733. The molecular weight excluding hydrogens is 275 g/mol. The van der Waals surface area contributed by atoms with E-state index in [0.717, 1.165) is 29.8 Å². The van der Waals surface area contributed by atoms with Crippen LogP contribution in [0.5, 0.6) is 0 Å². The molecule has 0 fully saturated rings. The lowest BCUT2D eigenvalue weighted by molar-refractivity contribution is 0.778. The lowest BCUT2D eigenvalue weighted by atomic mass is 10.1. The third-order valence-corrected chi connectivity index (χ3v) is 3.13. The number of anilines is 1. The van der Waals surface area contributed by atoms with Gasteiger partial charge < -0.3 is 4.90 Å². The Morgan fingerprint density at radius 1 is 1.53 bits per heavy atom. The molecule has 4 heteroatoms. The van der Waals surface area contributed by atoms with Crippen LogP contribution in [0.15, 0.2) is 28.4 Å². The zero-order valence-electron chi connectivity index (χ0n) is 8.50. The normalized spacial score (nSPS) is 16.5. The predicted octanol–water partition coefficient (Wildman–Crippen LogP) is 3.65. The second-order valence-corrected chi connectivity index (χ2v) is 5.04. The van der Waals surface area contributed by atoms with Crippen LogP contribution in [0.2, 0.25) is 5.02 Å². The summed E-state index contributed by atoms with van der Waals surface area (Å²) in [5.41, 5.74) is 1.38. The van der Waals surface area contributed by atoms with Crippen LogP contribution in [0.3, 0.4) is 0 Å². The summed E-state index contributed by atoms with van der Waals surface area (Å²) >= 11 is 9.51. The number of pyridine rings is 1. The molecule has 15 heavy (non-hydrogen) atoms. The van der Waals surface area contributed by atoms with Gasteiger partial charge in [0, 0.05) is 23.8 Å². The van der Waals surface area contributed by atoms with Crippen molar-refractivity contribution in [3.8, 4) is 0 Å². The molecule has 2 heterocycles. The lowest BCUT2D eigenvalue weighted by Crippen LogP contribution is -2.30. The monoisotopic (exact) mass is 286 g/mol.